The van der Waals surface area contributed by atoms with Gasteiger partial charge in [-0.05, 0) is 25.1 Å². The molecule has 0 saturated carbocycles. The molecule has 0 aliphatic heterocycles. The lowest BCUT2D eigenvalue weighted by molar-refractivity contribution is 0.263. The number of hydrogen-bond acceptors (Lipinski definition) is 5. The Hall–Kier alpha value is -2.41. The van der Waals surface area contributed by atoms with Gasteiger partial charge in [0.05, 0.1) is 17.1 Å². The van der Waals surface area contributed by atoms with Gasteiger partial charge in [0.15, 0.2) is 5.82 Å². The van der Waals surface area contributed by atoms with Crippen LogP contribution in [0.1, 0.15) is 24.6 Å². The number of aliphatic hydroxyl groups is 1. The van der Waals surface area contributed by atoms with Crippen molar-refractivity contribution in [2.24, 2.45) is 7.05 Å². The number of aromatic nitrogens is 5. The fourth-order valence-electron chi connectivity index (χ4n) is 2.50. The number of imidazole rings is 1. The summed E-state index contributed by atoms with van der Waals surface area (Å²) in [7, 11) is 1.89. The van der Waals surface area contributed by atoms with Gasteiger partial charge in [0.1, 0.15) is 18.8 Å². The molecule has 0 saturated heterocycles. The number of aliphatic hydroxyl groups excluding tert-OH is 1. The minimum Gasteiger partial charge on any atom is -0.399 e. The third-order valence-electron chi connectivity index (χ3n) is 3.44. The molecule has 0 aliphatic rings. The molecular formula is C13H16N6O. The fourth-order valence-corrected chi connectivity index (χ4v) is 2.50. The van der Waals surface area contributed by atoms with Crippen LogP contribution in [-0.2, 0) is 13.7 Å². The van der Waals surface area contributed by atoms with Crippen LogP contribution in [-0.4, -0.2) is 29.4 Å². The van der Waals surface area contributed by atoms with Gasteiger partial charge in [-0.3, -0.25) is 0 Å². The van der Waals surface area contributed by atoms with Crippen LogP contribution in [0.25, 0.3) is 11.0 Å². The largest absolute Gasteiger partial charge is 0.399 e. The molecule has 3 N–H and O–H groups in total. The van der Waals surface area contributed by atoms with Crippen LogP contribution in [0.5, 0.6) is 0 Å². The van der Waals surface area contributed by atoms with Crippen LogP contribution in [0.4, 0.5) is 5.69 Å². The number of rotatable bonds is 3. The summed E-state index contributed by atoms with van der Waals surface area (Å²) >= 11 is 0. The Morgan fingerprint density at radius 1 is 1.40 bits per heavy atom. The molecule has 20 heavy (non-hydrogen) atoms. The highest BCUT2D eigenvalue weighted by Gasteiger charge is 2.20. The maximum absolute atomic E-state index is 9.55. The Balaban J connectivity index is 2.21. The van der Waals surface area contributed by atoms with Crippen molar-refractivity contribution in [2.45, 2.75) is 19.6 Å². The van der Waals surface area contributed by atoms with E-state index < -0.39 is 0 Å². The summed E-state index contributed by atoms with van der Waals surface area (Å²) in [5.74, 6) is 1.39. The first-order valence-corrected chi connectivity index (χ1v) is 6.33. The van der Waals surface area contributed by atoms with E-state index in [4.69, 9.17) is 5.73 Å². The van der Waals surface area contributed by atoms with Gasteiger partial charge in [-0.2, -0.15) is 0 Å². The number of nitrogen functional groups attached to an aromatic ring is 1. The molecule has 2 aromatic heterocycles. The summed E-state index contributed by atoms with van der Waals surface area (Å²) in [6.45, 7) is 1.86. The molecule has 0 amide bonds. The van der Waals surface area contributed by atoms with Crippen LogP contribution >= 0.6 is 0 Å². The lowest BCUT2D eigenvalue weighted by atomic mass is 10.2. The van der Waals surface area contributed by atoms with Crippen LogP contribution < -0.4 is 5.73 Å². The Morgan fingerprint density at radius 2 is 2.20 bits per heavy atom. The van der Waals surface area contributed by atoms with Crippen molar-refractivity contribution in [1.82, 2.24) is 24.3 Å². The van der Waals surface area contributed by atoms with Gasteiger partial charge in [0.25, 0.3) is 0 Å². The van der Waals surface area contributed by atoms with Gasteiger partial charge in [0.2, 0.25) is 0 Å². The third-order valence-corrected chi connectivity index (χ3v) is 3.44. The topological polar surface area (TPSA) is 94.8 Å². The zero-order chi connectivity index (χ0) is 14.3. The average molecular weight is 272 g/mol. The predicted octanol–water partition coefficient (Wildman–Crippen LogP) is 0.849. The number of anilines is 1. The molecule has 0 radical (unpaired) electrons. The number of nitrogens with two attached hydrogens (primary N) is 1. The molecule has 0 fully saturated rings. The number of fused-ring (bicyclic) bond motifs is 1. The lowest BCUT2D eigenvalue weighted by Gasteiger charge is -2.16. The third kappa shape index (κ3) is 1.83. The van der Waals surface area contributed by atoms with Gasteiger partial charge in [-0.15, -0.1) is 10.2 Å². The molecule has 0 spiro atoms. The van der Waals surface area contributed by atoms with Crippen LogP contribution in [0.3, 0.4) is 0 Å². The van der Waals surface area contributed by atoms with E-state index in [1.54, 1.807) is 12.4 Å². The van der Waals surface area contributed by atoms with Crippen LogP contribution in [0, 0.1) is 0 Å². The molecular weight excluding hydrogens is 256 g/mol. The molecule has 2 heterocycles. The van der Waals surface area contributed by atoms with E-state index in [9.17, 15) is 5.11 Å². The van der Waals surface area contributed by atoms with E-state index in [0.29, 0.717) is 11.5 Å². The summed E-state index contributed by atoms with van der Waals surface area (Å²) < 4.78 is 3.81. The zero-order valence-corrected chi connectivity index (χ0v) is 11.4. The summed E-state index contributed by atoms with van der Waals surface area (Å²) in [5.41, 5.74) is 8.11. The monoisotopic (exact) mass is 272 g/mol. The van der Waals surface area contributed by atoms with Crippen LogP contribution in [0.15, 0.2) is 24.5 Å². The highest BCUT2D eigenvalue weighted by Crippen LogP contribution is 2.26. The molecule has 7 heteroatoms. The van der Waals surface area contributed by atoms with E-state index in [-0.39, 0.29) is 12.6 Å². The first kappa shape index (κ1) is 12.6. The first-order valence-electron chi connectivity index (χ1n) is 6.33. The van der Waals surface area contributed by atoms with Crippen molar-refractivity contribution in [3.05, 3.63) is 36.2 Å². The number of benzene rings is 1. The standard InChI is InChI=1S/C13H16N6O/c1-8(13-17-15-7-18(13)2)19-11-4-3-9(14)5-10(11)16-12(19)6-20/h3-5,7-8,20H,6,14H2,1-2H3. The van der Waals surface area contributed by atoms with Crippen molar-refractivity contribution in [2.75, 3.05) is 5.73 Å². The van der Waals surface area contributed by atoms with Crippen molar-refractivity contribution in [3.63, 3.8) is 0 Å². The van der Waals surface area contributed by atoms with Crippen molar-refractivity contribution < 1.29 is 5.11 Å². The summed E-state index contributed by atoms with van der Waals surface area (Å²) in [6, 6.07) is 5.45. The molecule has 3 rings (SSSR count). The Labute approximate surface area is 115 Å². The first-order chi connectivity index (χ1) is 9.61. The van der Waals surface area contributed by atoms with E-state index in [1.807, 2.05) is 35.2 Å². The smallest absolute Gasteiger partial charge is 0.155 e. The average Bonchev–Trinajstić information content (AvgIpc) is 3.00. The SMILES string of the molecule is CC(c1nncn1C)n1c(CO)nc2cc(N)ccc21. The fraction of sp³-hybridized carbons (Fsp3) is 0.308. The lowest BCUT2D eigenvalue weighted by Crippen LogP contribution is -2.14. The Bertz CT molecular complexity index is 759. The molecule has 104 valence electrons. The molecule has 0 aliphatic carbocycles. The Morgan fingerprint density at radius 3 is 2.85 bits per heavy atom. The highest BCUT2D eigenvalue weighted by molar-refractivity contribution is 5.80. The molecule has 1 unspecified atom stereocenters. The predicted molar refractivity (Wildman–Crippen MR) is 74.9 cm³/mol. The molecule has 3 aromatic rings. The molecule has 1 aromatic carbocycles. The summed E-state index contributed by atoms with van der Waals surface area (Å²) in [5, 5.41) is 17.6. The van der Waals surface area contributed by atoms with Crippen molar-refractivity contribution >= 4 is 16.7 Å². The van der Waals surface area contributed by atoms with Crippen molar-refractivity contribution in [1.29, 1.82) is 0 Å². The van der Waals surface area contributed by atoms with E-state index in [2.05, 4.69) is 15.2 Å². The molecule has 0 bridgehead atoms. The van der Waals surface area contributed by atoms with Gasteiger partial charge < -0.3 is 20.0 Å². The molecule has 7 nitrogen and oxygen atoms in total. The van der Waals surface area contributed by atoms with Crippen molar-refractivity contribution in [3.8, 4) is 0 Å². The van der Waals surface area contributed by atoms with E-state index >= 15 is 0 Å². The van der Waals surface area contributed by atoms with Gasteiger partial charge in [-0.1, -0.05) is 0 Å². The zero-order valence-electron chi connectivity index (χ0n) is 11.4. The summed E-state index contributed by atoms with van der Waals surface area (Å²) in [4.78, 5) is 4.43. The second kappa shape index (κ2) is 4.61. The molecule has 1 atom stereocenters. The quantitative estimate of drug-likeness (QED) is 0.689. The maximum Gasteiger partial charge on any atom is 0.155 e. The van der Waals surface area contributed by atoms with Gasteiger partial charge in [0, 0.05) is 12.7 Å². The number of nitrogens with zero attached hydrogens (tertiary/aromatic N) is 5. The highest BCUT2D eigenvalue weighted by atomic mass is 16.3. The number of hydrogen-bond donors (Lipinski definition) is 2. The second-order valence-corrected chi connectivity index (χ2v) is 4.78. The van der Waals surface area contributed by atoms with Crippen LogP contribution in [0.2, 0.25) is 0 Å². The minimum atomic E-state index is -0.142. The van der Waals surface area contributed by atoms with E-state index in [0.717, 1.165) is 16.9 Å². The normalized spacial score (nSPS) is 12.9. The number of aryl methyl sites for hydroxylation is 1. The van der Waals surface area contributed by atoms with Gasteiger partial charge in [-0.25, -0.2) is 4.98 Å². The Kier molecular flexibility index (Phi) is 2.90. The second-order valence-electron chi connectivity index (χ2n) is 4.78. The minimum absolute atomic E-state index is 0.0849. The van der Waals surface area contributed by atoms with E-state index in [1.165, 1.54) is 0 Å². The maximum atomic E-state index is 9.55. The summed E-state index contributed by atoms with van der Waals surface area (Å²) in [6.07, 6.45) is 1.65. The van der Waals surface area contributed by atoms with Gasteiger partial charge >= 0.3 is 0 Å².